The van der Waals surface area contributed by atoms with E-state index in [1.807, 2.05) is 30.3 Å². The lowest BCUT2D eigenvalue weighted by Gasteiger charge is -2.19. The molecule has 0 fully saturated rings. The molecule has 0 spiro atoms. The normalized spacial score (nSPS) is 11.4. The standard InChI is InChI=1S/C17H21N3O2/c18-20(9-4-11-21)16-8-3-7-15-17(16)13-5-1-2-6-14(13)19(15)10-12-22/h1-3,5-8,21-22H,4,9-12,18H2. The van der Waals surface area contributed by atoms with E-state index in [-0.39, 0.29) is 13.2 Å². The van der Waals surface area contributed by atoms with E-state index in [1.165, 1.54) is 0 Å². The van der Waals surface area contributed by atoms with Gasteiger partial charge in [0.25, 0.3) is 0 Å². The maximum absolute atomic E-state index is 9.37. The van der Waals surface area contributed by atoms with Crippen LogP contribution in [0.1, 0.15) is 6.42 Å². The Labute approximate surface area is 129 Å². The molecule has 0 radical (unpaired) electrons. The molecule has 0 atom stereocenters. The van der Waals surface area contributed by atoms with Crippen molar-refractivity contribution in [3.05, 3.63) is 42.5 Å². The summed E-state index contributed by atoms with van der Waals surface area (Å²) in [5.41, 5.74) is 3.10. The summed E-state index contributed by atoms with van der Waals surface area (Å²) in [5.74, 6) is 6.18. The number of nitrogens with zero attached hydrogens (tertiary/aromatic N) is 2. The second-order valence-corrected chi connectivity index (χ2v) is 5.33. The molecule has 0 saturated heterocycles. The number of hydrogen-bond donors (Lipinski definition) is 3. The number of hydrogen-bond acceptors (Lipinski definition) is 4. The molecule has 0 aliphatic rings. The summed E-state index contributed by atoms with van der Waals surface area (Å²) in [6, 6.07) is 14.2. The topological polar surface area (TPSA) is 74.6 Å². The monoisotopic (exact) mass is 299 g/mol. The summed E-state index contributed by atoms with van der Waals surface area (Å²) in [4.78, 5) is 0. The van der Waals surface area contributed by atoms with Crippen molar-refractivity contribution < 1.29 is 10.2 Å². The van der Waals surface area contributed by atoms with Gasteiger partial charge in [0.2, 0.25) is 0 Å². The van der Waals surface area contributed by atoms with E-state index >= 15 is 0 Å². The summed E-state index contributed by atoms with van der Waals surface area (Å²) in [6.45, 7) is 1.36. The van der Waals surface area contributed by atoms with Gasteiger partial charge in [0, 0.05) is 36.0 Å². The van der Waals surface area contributed by atoms with Crippen molar-refractivity contribution in [1.29, 1.82) is 0 Å². The fraction of sp³-hybridized carbons (Fsp3) is 0.294. The zero-order chi connectivity index (χ0) is 15.5. The molecule has 22 heavy (non-hydrogen) atoms. The van der Waals surface area contributed by atoms with Gasteiger partial charge in [-0.2, -0.15) is 0 Å². The summed E-state index contributed by atoms with van der Waals surface area (Å²) in [7, 11) is 0. The average Bonchev–Trinajstić information content (AvgIpc) is 2.87. The molecule has 0 unspecified atom stereocenters. The highest BCUT2D eigenvalue weighted by molar-refractivity contribution is 6.14. The lowest BCUT2D eigenvalue weighted by Crippen LogP contribution is -2.32. The molecule has 1 aromatic heterocycles. The number of para-hydroxylation sites is 1. The summed E-state index contributed by atoms with van der Waals surface area (Å²) < 4.78 is 2.12. The minimum absolute atomic E-state index is 0.0921. The first-order valence-corrected chi connectivity index (χ1v) is 7.52. The summed E-state index contributed by atoms with van der Waals surface area (Å²) in [6.07, 6.45) is 0.627. The van der Waals surface area contributed by atoms with Crippen LogP contribution < -0.4 is 10.9 Å². The van der Waals surface area contributed by atoms with Crippen molar-refractivity contribution >= 4 is 27.5 Å². The number of aromatic nitrogens is 1. The Morgan fingerprint density at radius 3 is 2.50 bits per heavy atom. The molecule has 0 bridgehead atoms. The number of benzene rings is 2. The Morgan fingerprint density at radius 2 is 1.73 bits per heavy atom. The van der Waals surface area contributed by atoms with E-state index in [9.17, 15) is 5.11 Å². The van der Waals surface area contributed by atoms with Crippen LogP contribution in [0.25, 0.3) is 21.8 Å². The zero-order valence-electron chi connectivity index (χ0n) is 12.4. The molecule has 3 aromatic rings. The molecule has 1 heterocycles. The molecule has 5 heteroatoms. The van der Waals surface area contributed by atoms with Crippen LogP contribution in [0.4, 0.5) is 5.69 Å². The van der Waals surface area contributed by atoms with Gasteiger partial charge in [-0.15, -0.1) is 0 Å². The van der Waals surface area contributed by atoms with Crippen LogP contribution in [-0.4, -0.2) is 34.5 Å². The number of nitrogens with two attached hydrogens (primary N) is 1. The highest BCUT2D eigenvalue weighted by atomic mass is 16.3. The van der Waals surface area contributed by atoms with Gasteiger partial charge in [-0.3, -0.25) is 0 Å². The van der Waals surface area contributed by atoms with E-state index < -0.39 is 0 Å². The van der Waals surface area contributed by atoms with E-state index in [4.69, 9.17) is 10.9 Å². The molecular formula is C17H21N3O2. The van der Waals surface area contributed by atoms with E-state index in [1.54, 1.807) is 5.01 Å². The van der Waals surface area contributed by atoms with Crippen LogP contribution in [0.2, 0.25) is 0 Å². The summed E-state index contributed by atoms with van der Waals surface area (Å²) in [5, 5.41) is 22.3. The molecule has 116 valence electrons. The number of aliphatic hydroxyl groups is 2. The van der Waals surface area contributed by atoms with Gasteiger partial charge in [0.15, 0.2) is 0 Å². The van der Waals surface area contributed by atoms with Crippen molar-refractivity contribution in [2.75, 3.05) is 24.8 Å². The van der Waals surface area contributed by atoms with Crippen molar-refractivity contribution in [3.8, 4) is 0 Å². The van der Waals surface area contributed by atoms with Gasteiger partial charge >= 0.3 is 0 Å². The SMILES string of the molecule is NN(CCCO)c1cccc2c1c1ccccc1n2CCO. The minimum atomic E-state index is 0.0921. The smallest absolute Gasteiger partial charge is 0.0617 e. The highest BCUT2D eigenvalue weighted by Gasteiger charge is 2.15. The fourth-order valence-corrected chi connectivity index (χ4v) is 3.02. The molecule has 0 amide bonds. The molecule has 5 nitrogen and oxygen atoms in total. The molecule has 3 rings (SSSR count). The average molecular weight is 299 g/mol. The largest absolute Gasteiger partial charge is 0.396 e. The Morgan fingerprint density at radius 1 is 0.955 bits per heavy atom. The molecule has 0 saturated carbocycles. The first-order chi connectivity index (χ1) is 10.8. The van der Waals surface area contributed by atoms with Gasteiger partial charge in [-0.1, -0.05) is 24.3 Å². The number of anilines is 1. The van der Waals surface area contributed by atoms with Crippen LogP contribution in [0, 0.1) is 0 Å². The van der Waals surface area contributed by atoms with Crippen molar-refractivity contribution in [2.45, 2.75) is 13.0 Å². The highest BCUT2D eigenvalue weighted by Crippen LogP contribution is 2.35. The second-order valence-electron chi connectivity index (χ2n) is 5.33. The first kappa shape index (κ1) is 14.8. The maximum Gasteiger partial charge on any atom is 0.0617 e. The van der Waals surface area contributed by atoms with Crippen LogP contribution in [0.3, 0.4) is 0 Å². The van der Waals surface area contributed by atoms with Crippen molar-refractivity contribution in [1.82, 2.24) is 4.57 Å². The van der Waals surface area contributed by atoms with Gasteiger partial charge in [-0.05, 0) is 24.6 Å². The second kappa shape index (κ2) is 6.36. The maximum atomic E-state index is 9.37. The third kappa shape index (κ3) is 2.43. The predicted octanol–water partition coefficient (Wildman–Crippen LogP) is 1.85. The Balaban J connectivity index is 2.25. The lowest BCUT2D eigenvalue weighted by molar-refractivity contribution is 0.280. The Kier molecular flexibility index (Phi) is 4.29. The van der Waals surface area contributed by atoms with Crippen molar-refractivity contribution in [2.24, 2.45) is 5.84 Å². The third-order valence-corrected chi connectivity index (χ3v) is 3.97. The fourth-order valence-electron chi connectivity index (χ4n) is 3.02. The molecule has 4 N–H and O–H groups in total. The molecular weight excluding hydrogens is 278 g/mol. The van der Waals surface area contributed by atoms with Gasteiger partial charge in [0.1, 0.15) is 0 Å². The summed E-state index contributed by atoms with van der Waals surface area (Å²) >= 11 is 0. The van der Waals surface area contributed by atoms with E-state index in [0.717, 1.165) is 27.5 Å². The lowest BCUT2D eigenvalue weighted by atomic mass is 10.1. The van der Waals surface area contributed by atoms with E-state index in [0.29, 0.717) is 19.5 Å². The molecule has 0 aliphatic heterocycles. The third-order valence-electron chi connectivity index (χ3n) is 3.97. The predicted molar refractivity (Wildman–Crippen MR) is 89.8 cm³/mol. The number of fused-ring (bicyclic) bond motifs is 3. The van der Waals surface area contributed by atoms with E-state index in [2.05, 4.69) is 16.7 Å². The Bertz CT molecular complexity index is 782. The number of hydrazine groups is 1. The van der Waals surface area contributed by atoms with Crippen molar-refractivity contribution in [3.63, 3.8) is 0 Å². The van der Waals surface area contributed by atoms with Gasteiger partial charge < -0.3 is 19.8 Å². The zero-order valence-corrected chi connectivity index (χ0v) is 12.4. The number of rotatable bonds is 6. The quantitative estimate of drug-likeness (QED) is 0.480. The van der Waals surface area contributed by atoms with Gasteiger partial charge in [0.05, 0.1) is 17.8 Å². The first-order valence-electron chi connectivity index (χ1n) is 7.52. The number of aliphatic hydroxyl groups excluding tert-OH is 2. The molecule has 0 aliphatic carbocycles. The minimum Gasteiger partial charge on any atom is -0.396 e. The Hall–Kier alpha value is -2.08. The van der Waals surface area contributed by atoms with Crippen LogP contribution in [0.15, 0.2) is 42.5 Å². The molecule has 2 aromatic carbocycles. The van der Waals surface area contributed by atoms with Gasteiger partial charge in [-0.25, -0.2) is 5.84 Å². The van der Waals surface area contributed by atoms with Crippen LogP contribution in [-0.2, 0) is 6.54 Å². The van der Waals surface area contributed by atoms with Crippen LogP contribution >= 0.6 is 0 Å². The van der Waals surface area contributed by atoms with Crippen LogP contribution in [0.5, 0.6) is 0 Å².